The van der Waals surface area contributed by atoms with Gasteiger partial charge in [0.1, 0.15) is 11.6 Å². The van der Waals surface area contributed by atoms with Gasteiger partial charge in [-0.05, 0) is 31.4 Å². The van der Waals surface area contributed by atoms with Gasteiger partial charge in [0, 0.05) is 31.0 Å². The van der Waals surface area contributed by atoms with Gasteiger partial charge in [0.2, 0.25) is 11.8 Å². The third kappa shape index (κ3) is 3.10. The van der Waals surface area contributed by atoms with Crippen LogP contribution in [0.4, 0.5) is 5.69 Å². The fraction of sp³-hybridized carbons (Fsp3) is 0.421. The van der Waals surface area contributed by atoms with Crippen LogP contribution in [0.3, 0.4) is 0 Å². The van der Waals surface area contributed by atoms with E-state index in [1.54, 1.807) is 24.3 Å². The zero-order chi connectivity index (χ0) is 18.1. The number of amides is 2. The zero-order valence-electron chi connectivity index (χ0n) is 14.3. The first kappa shape index (κ1) is 16.8. The Bertz CT molecular complexity index is 900. The van der Waals surface area contributed by atoms with E-state index >= 15 is 0 Å². The normalized spacial score (nSPS) is 22.9. The average Bonchev–Trinajstić information content (AvgIpc) is 3.28. The summed E-state index contributed by atoms with van der Waals surface area (Å²) in [5.74, 6) is -0.387. The number of ether oxygens (including phenoxy) is 1. The largest absolute Gasteiger partial charge is 0.423 e. The minimum atomic E-state index is -0.630. The number of para-hydroxylation sites is 1. The molecule has 2 aliphatic rings. The maximum atomic E-state index is 12.7. The zero-order valence-corrected chi connectivity index (χ0v) is 14.3. The Balaban J connectivity index is 1.62. The Labute approximate surface area is 149 Å². The minimum Gasteiger partial charge on any atom is -0.423 e. The van der Waals surface area contributed by atoms with Gasteiger partial charge in [0.05, 0.1) is 11.8 Å². The molecule has 3 heterocycles. The van der Waals surface area contributed by atoms with Crippen molar-refractivity contribution in [3.8, 4) is 0 Å². The van der Waals surface area contributed by atoms with Gasteiger partial charge in [-0.15, -0.1) is 0 Å². The van der Waals surface area contributed by atoms with Crippen molar-refractivity contribution in [1.29, 1.82) is 0 Å². The number of carbonyl (C=O) groups is 2. The Morgan fingerprint density at radius 3 is 2.88 bits per heavy atom. The van der Waals surface area contributed by atoms with Crippen LogP contribution >= 0.6 is 0 Å². The van der Waals surface area contributed by atoms with Crippen molar-refractivity contribution in [3.63, 3.8) is 0 Å². The fourth-order valence-corrected chi connectivity index (χ4v) is 3.67. The molecule has 2 saturated heterocycles. The lowest BCUT2D eigenvalue weighted by molar-refractivity contribution is -0.124. The van der Waals surface area contributed by atoms with Gasteiger partial charge in [-0.1, -0.05) is 12.1 Å². The molecule has 1 aromatic heterocycles. The topological polar surface area (TPSA) is 88.9 Å². The van der Waals surface area contributed by atoms with Crippen LogP contribution in [0.15, 0.2) is 39.5 Å². The summed E-state index contributed by atoms with van der Waals surface area (Å²) in [7, 11) is 0. The molecule has 2 atom stereocenters. The van der Waals surface area contributed by atoms with E-state index in [2.05, 4.69) is 5.32 Å². The highest BCUT2D eigenvalue weighted by atomic mass is 16.5. The van der Waals surface area contributed by atoms with Crippen molar-refractivity contribution in [2.24, 2.45) is 0 Å². The monoisotopic (exact) mass is 356 g/mol. The Kier molecular flexibility index (Phi) is 4.46. The summed E-state index contributed by atoms with van der Waals surface area (Å²) in [6, 6.07) is 7.67. The maximum Gasteiger partial charge on any atom is 0.338 e. The highest BCUT2D eigenvalue weighted by Crippen LogP contribution is 2.32. The number of hydrogen-bond donors (Lipinski definition) is 1. The summed E-state index contributed by atoms with van der Waals surface area (Å²) >= 11 is 0. The van der Waals surface area contributed by atoms with Crippen molar-refractivity contribution in [3.05, 3.63) is 40.8 Å². The molecule has 0 bridgehead atoms. The number of fused-ring (bicyclic) bond motifs is 1. The van der Waals surface area contributed by atoms with Gasteiger partial charge in [-0.3, -0.25) is 14.5 Å². The average molecular weight is 356 g/mol. The van der Waals surface area contributed by atoms with Crippen molar-refractivity contribution in [2.45, 2.75) is 37.8 Å². The van der Waals surface area contributed by atoms with E-state index in [-0.39, 0.29) is 24.3 Å². The molecule has 26 heavy (non-hydrogen) atoms. The molecule has 2 aliphatic heterocycles. The molecule has 4 rings (SSSR count). The number of benzene rings is 1. The van der Waals surface area contributed by atoms with E-state index in [4.69, 9.17) is 9.15 Å². The molecular weight excluding hydrogens is 336 g/mol. The van der Waals surface area contributed by atoms with E-state index in [0.29, 0.717) is 29.6 Å². The quantitative estimate of drug-likeness (QED) is 0.841. The summed E-state index contributed by atoms with van der Waals surface area (Å²) < 4.78 is 10.7. The summed E-state index contributed by atoms with van der Waals surface area (Å²) in [6.45, 7) is 1.16. The summed E-state index contributed by atoms with van der Waals surface area (Å²) in [5, 5.41) is 3.53. The Morgan fingerprint density at radius 1 is 1.23 bits per heavy atom. The maximum absolute atomic E-state index is 12.7. The van der Waals surface area contributed by atoms with Crippen LogP contribution in [0.1, 0.15) is 25.7 Å². The lowest BCUT2D eigenvalue weighted by Gasteiger charge is -2.25. The van der Waals surface area contributed by atoms with Gasteiger partial charge in [-0.25, -0.2) is 4.79 Å². The third-order valence-corrected chi connectivity index (χ3v) is 4.93. The van der Waals surface area contributed by atoms with E-state index < -0.39 is 11.7 Å². The molecule has 0 radical (unpaired) electrons. The predicted molar refractivity (Wildman–Crippen MR) is 95.0 cm³/mol. The first-order valence-electron chi connectivity index (χ1n) is 8.88. The molecule has 1 N–H and O–H groups in total. The van der Waals surface area contributed by atoms with Crippen molar-refractivity contribution in [2.75, 3.05) is 18.1 Å². The SMILES string of the molecule is O=C(NC[C@H]1CCCO1)[C@@H]1CCC(=O)N1c1cc(=O)oc2ccccc12. The molecule has 2 fully saturated rings. The van der Waals surface area contributed by atoms with Crippen LogP contribution in [-0.4, -0.2) is 37.1 Å². The van der Waals surface area contributed by atoms with E-state index in [1.807, 2.05) is 0 Å². The van der Waals surface area contributed by atoms with Gasteiger partial charge < -0.3 is 14.5 Å². The van der Waals surface area contributed by atoms with Gasteiger partial charge in [0.15, 0.2) is 0 Å². The summed E-state index contributed by atoms with van der Waals surface area (Å²) in [4.78, 5) is 38.5. The van der Waals surface area contributed by atoms with Gasteiger partial charge in [-0.2, -0.15) is 0 Å². The number of carbonyl (C=O) groups excluding carboxylic acids is 2. The number of rotatable bonds is 4. The Hall–Kier alpha value is -2.67. The second-order valence-corrected chi connectivity index (χ2v) is 6.65. The van der Waals surface area contributed by atoms with Crippen LogP contribution < -0.4 is 15.8 Å². The highest BCUT2D eigenvalue weighted by molar-refractivity contribution is 6.08. The van der Waals surface area contributed by atoms with Crippen LogP contribution in [-0.2, 0) is 14.3 Å². The minimum absolute atomic E-state index is 0.0362. The molecule has 2 aromatic rings. The second kappa shape index (κ2) is 6.92. The van der Waals surface area contributed by atoms with Crippen LogP contribution in [0.25, 0.3) is 11.0 Å². The van der Waals surface area contributed by atoms with Gasteiger partial charge >= 0.3 is 5.63 Å². The molecular formula is C19H20N2O5. The van der Waals surface area contributed by atoms with E-state index in [0.717, 1.165) is 19.4 Å². The molecule has 0 saturated carbocycles. The molecule has 7 nitrogen and oxygen atoms in total. The van der Waals surface area contributed by atoms with E-state index in [1.165, 1.54) is 11.0 Å². The lowest BCUT2D eigenvalue weighted by Crippen LogP contribution is -2.46. The predicted octanol–water partition coefficient (Wildman–Crippen LogP) is 1.58. The number of hydrogen-bond acceptors (Lipinski definition) is 5. The van der Waals surface area contributed by atoms with Crippen LogP contribution in [0.2, 0.25) is 0 Å². The van der Waals surface area contributed by atoms with Crippen LogP contribution in [0, 0.1) is 0 Å². The van der Waals surface area contributed by atoms with Crippen molar-refractivity contribution < 1.29 is 18.7 Å². The first-order valence-corrected chi connectivity index (χ1v) is 8.88. The van der Waals surface area contributed by atoms with Crippen molar-refractivity contribution in [1.82, 2.24) is 5.32 Å². The van der Waals surface area contributed by atoms with Crippen LogP contribution in [0.5, 0.6) is 0 Å². The molecule has 7 heteroatoms. The summed E-state index contributed by atoms with van der Waals surface area (Å²) in [6.07, 6.45) is 2.66. The second-order valence-electron chi connectivity index (χ2n) is 6.65. The fourth-order valence-electron chi connectivity index (χ4n) is 3.67. The lowest BCUT2D eigenvalue weighted by atomic mass is 10.1. The molecule has 1 aromatic carbocycles. The molecule has 2 amide bonds. The number of anilines is 1. The smallest absolute Gasteiger partial charge is 0.338 e. The molecule has 136 valence electrons. The summed E-state index contributed by atoms with van der Waals surface area (Å²) in [5.41, 5.74) is 0.279. The molecule has 0 unspecified atom stereocenters. The van der Waals surface area contributed by atoms with E-state index in [9.17, 15) is 14.4 Å². The first-order chi connectivity index (χ1) is 12.6. The molecule has 0 aliphatic carbocycles. The van der Waals surface area contributed by atoms with Crippen molar-refractivity contribution >= 4 is 28.5 Å². The molecule has 0 spiro atoms. The third-order valence-electron chi connectivity index (χ3n) is 4.93. The number of nitrogens with one attached hydrogen (secondary N) is 1. The highest BCUT2D eigenvalue weighted by Gasteiger charge is 2.38. The standard InChI is InChI=1S/C19H20N2O5/c22-17-8-7-14(19(24)20-11-12-4-3-9-25-12)21(17)15-10-18(23)26-16-6-2-1-5-13(15)16/h1-2,5-6,10,12,14H,3-4,7-9,11H2,(H,20,24)/t12-,14+/m1/s1. The Morgan fingerprint density at radius 2 is 2.08 bits per heavy atom. The number of nitrogens with zero attached hydrogens (tertiary/aromatic N) is 1. The van der Waals surface area contributed by atoms with Gasteiger partial charge in [0.25, 0.3) is 0 Å².